The second-order valence-corrected chi connectivity index (χ2v) is 7.96. The van der Waals surface area contributed by atoms with Crippen molar-refractivity contribution in [1.29, 1.82) is 0 Å². The van der Waals surface area contributed by atoms with E-state index in [9.17, 15) is 14.7 Å². The Morgan fingerprint density at radius 3 is 2.34 bits per heavy atom. The van der Waals surface area contributed by atoms with E-state index in [0.29, 0.717) is 12.1 Å². The zero-order valence-corrected chi connectivity index (χ0v) is 17.5. The van der Waals surface area contributed by atoms with Gasteiger partial charge in [-0.2, -0.15) is 0 Å². The zero-order chi connectivity index (χ0) is 21.4. The number of phenolic OH excluding ortho intramolecular Hbond substituents is 1. The Kier molecular flexibility index (Phi) is 7.65. The molecule has 0 radical (unpaired) electrons. The quantitative estimate of drug-likeness (QED) is 0.607. The molecule has 0 spiro atoms. The van der Waals surface area contributed by atoms with Gasteiger partial charge in [0.05, 0.1) is 0 Å². The van der Waals surface area contributed by atoms with E-state index in [4.69, 9.17) is 4.74 Å². The largest absolute Gasteiger partial charge is 0.508 e. The molecule has 2 aromatic rings. The molecule has 0 aliphatic heterocycles. The Balaban J connectivity index is 2.12. The molecule has 1 atom stereocenters. The van der Waals surface area contributed by atoms with Gasteiger partial charge >= 0.3 is 6.09 Å². The highest BCUT2D eigenvalue weighted by Gasteiger charge is 2.24. The van der Waals surface area contributed by atoms with Crippen molar-refractivity contribution >= 4 is 17.7 Å². The zero-order valence-electron chi connectivity index (χ0n) is 17.5. The maximum absolute atomic E-state index is 12.8. The predicted molar refractivity (Wildman–Crippen MR) is 115 cm³/mol. The molecule has 156 valence electrons. The number of aromatic hydroxyl groups is 1. The smallest absolute Gasteiger partial charge is 0.408 e. The van der Waals surface area contributed by atoms with E-state index in [1.54, 1.807) is 45.0 Å². The molecule has 0 aromatic heterocycles. The summed E-state index contributed by atoms with van der Waals surface area (Å²) in [5.74, 6) is -0.115. The molecule has 6 heteroatoms. The van der Waals surface area contributed by atoms with Gasteiger partial charge in [0, 0.05) is 5.69 Å². The highest BCUT2D eigenvalue weighted by atomic mass is 16.6. The number of amides is 2. The first-order chi connectivity index (χ1) is 13.7. The summed E-state index contributed by atoms with van der Waals surface area (Å²) in [5, 5.41) is 15.2. The fourth-order valence-corrected chi connectivity index (χ4v) is 2.82. The number of rotatable bonds is 7. The molecule has 0 aliphatic carbocycles. The van der Waals surface area contributed by atoms with Gasteiger partial charge in [-0.05, 0) is 62.6 Å². The normalized spacial score (nSPS) is 12.1. The SMILES string of the molecule is CCCC[C@H](NC(=O)OC(C)(C)C)C(=O)Nc1cccc(-c2cccc(O)c2)c1. The van der Waals surface area contributed by atoms with Gasteiger partial charge in [-0.3, -0.25) is 4.79 Å². The number of hydrogen-bond acceptors (Lipinski definition) is 4. The van der Waals surface area contributed by atoms with Crippen molar-refractivity contribution < 1.29 is 19.4 Å². The summed E-state index contributed by atoms with van der Waals surface area (Å²) in [6.45, 7) is 7.36. The highest BCUT2D eigenvalue weighted by molar-refractivity contribution is 5.97. The Morgan fingerprint density at radius 1 is 1.07 bits per heavy atom. The molecule has 0 unspecified atom stereocenters. The summed E-state index contributed by atoms with van der Waals surface area (Å²) < 4.78 is 5.28. The summed E-state index contributed by atoms with van der Waals surface area (Å²) in [5.41, 5.74) is 1.69. The van der Waals surface area contributed by atoms with Gasteiger partial charge in [-0.25, -0.2) is 4.79 Å². The number of phenols is 1. The molecule has 6 nitrogen and oxygen atoms in total. The average molecular weight is 399 g/mol. The molecule has 0 heterocycles. The monoisotopic (exact) mass is 398 g/mol. The Bertz CT molecular complexity index is 843. The van der Waals surface area contributed by atoms with Crippen LogP contribution in [0.2, 0.25) is 0 Å². The van der Waals surface area contributed by atoms with Crippen LogP contribution in [-0.4, -0.2) is 28.7 Å². The first-order valence-electron chi connectivity index (χ1n) is 9.88. The van der Waals surface area contributed by atoms with Gasteiger partial charge in [0.1, 0.15) is 17.4 Å². The number of anilines is 1. The molecule has 0 fully saturated rings. The molecule has 2 amide bonds. The lowest BCUT2D eigenvalue weighted by atomic mass is 10.0. The van der Waals surface area contributed by atoms with Crippen molar-refractivity contribution in [3.05, 3.63) is 48.5 Å². The van der Waals surface area contributed by atoms with Crippen LogP contribution < -0.4 is 10.6 Å². The lowest BCUT2D eigenvalue weighted by molar-refractivity contribution is -0.118. The van der Waals surface area contributed by atoms with E-state index in [1.807, 2.05) is 31.2 Å². The van der Waals surface area contributed by atoms with E-state index >= 15 is 0 Å². The van der Waals surface area contributed by atoms with Gasteiger partial charge in [-0.15, -0.1) is 0 Å². The number of alkyl carbamates (subject to hydrolysis) is 1. The van der Waals surface area contributed by atoms with Crippen LogP contribution in [0.4, 0.5) is 10.5 Å². The predicted octanol–water partition coefficient (Wildman–Crippen LogP) is 5.08. The van der Waals surface area contributed by atoms with Crippen LogP contribution in [0, 0.1) is 0 Å². The second-order valence-electron chi connectivity index (χ2n) is 7.96. The number of carbonyl (C=O) groups excluding carboxylic acids is 2. The minimum atomic E-state index is -0.686. The fourth-order valence-electron chi connectivity index (χ4n) is 2.82. The number of ether oxygens (including phenoxy) is 1. The Labute approximate surface area is 172 Å². The van der Waals surface area contributed by atoms with Crippen LogP contribution in [0.1, 0.15) is 47.0 Å². The molecular weight excluding hydrogens is 368 g/mol. The molecule has 0 bridgehead atoms. The van der Waals surface area contributed by atoms with Crippen LogP contribution in [0.25, 0.3) is 11.1 Å². The molecule has 2 aromatic carbocycles. The topological polar surface area (TPSA) is 87.7 Å². The minimum absolute atomic E-state index is 0.179. The average Bonchev–Trinajstić information content (AvgIpc) is 2.64. The van der Waals surface area contributed by atoms with E-state index in [2.05, 4.69) is 10.6 Å². The third-order valence-corrected chi connectivity index (χ3v) is 4.16. The van der Waals surface area contributed by atoms with Crippen molar-refractivity contribution in [1.82, 2.24) is 5.32 Å². The summed E-state index contributed by atoms with van der Waals surface area (Å²) in [6.07, 6.45) is 1.62. The lowest BCUT2D eigenvalue weighted by Crippen LogP contribution is -2.45. The molecule has 0 aliphatic rings. The van der Waals surface area contributed by atoms with Gasteiger partial charge < -0.3 is 20.5 Å². The molecule has 2 rings (SSSR count). The van der Waals surface area contributed by atoms with Crippen LogP contribution >= 0.6 is 0 Å². The van der Waals surface area contributed by atoms with Gasteiger partial charge in [-0.1, -0.05) is 44.0 Å². The highest BCUT2D eigenvalue weighted by Crippen LogP contribution is 2.25. The standard InChI is InChI=1S/C23H30N2O4/c1-5-6-13-20(25-22(28)29-23(2,3)4)21(27)24-18-11-7-9-16(14-18)17-10-8-12-19(26)15-17/h7-12,14-15,20,26H,5-6,13H2,1-4H3,(H,24,27)(H,25,28)/t20-/m0/s1. The van der Waals surface area contributed by atoms with Gasteiger partial charge in [0.25, 0.3) is 0 Å². The van der Waals surface area contributed by atoms with E-state index in [1.165, 1.54) is 0 Å². The first-order valence-corrected chi connectivity index (χ1v) is 9.88. The van der Waals surface area contributed by atoms with Crippen molar-refractivity contribution in [3.8, 4) is 16.9 Å². The third kappa shape index (κ3) is 7.49. The summed E-state index contributed by atoms with van der Waals surface area (Å²) in [7, 11) is 0. The van der Waals surface area contributed by atoms with Crippen molar-refractivity contribution in [2.45, 2.75) is 58.6 Å². The first kappa shape index (κ1) is 22.3. The maximum Gasteiger partial charge on any atom is 0.408 e. The number of carbonyl (C=O) groups is 2. The summed E-state index contributed by atoms with van der Waals surface area (Å²) in [6, 6.07) is 13.6. The Morgan fingerprint density at radius 2 is 1.72 bits per heavy atom. The summed E-state index contributed by atoms with van der Waals surface area (Å²) in [4.78, 5) is 24.9. The van der Waals surface area contributed by atoms with E-state index in [-0.39, 0.29) is 11.7 Å². The number of unbranched alkanes of at least 4 members (excludes halogenated alkanes) is 1. The Hall–Kier alpha value is -3.02. The number of nitrogens with one attached hydrogen (secondary N) is 2. The number of benzene rings is 2. The molecular formula is C23H30N2O4. The van der Waals surface area contributed by atoms with E-state index < -0.39 is 17.7 Å². The molecule has 29 heavy (non-hydrogen) atoms. The van der Waals surface area contributed by atoms with Crippen LogP contribution in [-0.2, 0) is 9.53 Å². The van der Waals surface area contributed by atoms with Crippen molar-refractivity contribution in [2.24, 2.45) is 0 Å². The molecule has 0 saturated heterocycles. The van der Waals surface area contributed by atoms with Crippen LogP contribution in [0.3, 0.4) is 0 Å². The fraction of sp³-hybridized carbons (Fsp3) is 0.391. The van der Waals surface area contributed by atoms with E-state index in [0.717, 1.165) is 24.0 Å². The minimum Gasteiger partial charge on any atom is -0.508 e. The van der Waals surface area contributed by atoms with Crippen molar-refractivity contribution in [3.63, 3.8) is 0 Å². The van der Waals surface area contributed by atoms with Crippen molar-refractivity contribution in [2.75, 3.05) is 5.32 Å². The lowest BCUT2D eigenvalue weighted by Gasteiger charge is -2.23. The summed E-state index contributed by atoms with van der Waals surface area (Å²) >= 11 is 0. The molecule has 3 N–H and O–H groups in total. The van der Waals surface area contributed by atoms with Crippen LogP contribution in [0.15, 0.2) is 48.5 Å². The van der Waals surface area contributed by atoms with Gasteiger partial charge in [0.2, 0.25) is 5.91 Å². The molecule has 0 saturated carbocycles. The third-order valence-electron chi connectivity index (χ3n) is 4.16. The number of hydrogen-bond donors (Lipinski definition) is 3. The van der Waals surface area contributed by atoms with Gasteiger partial charge in [0.15, 0.2) is 0 Å². The second kappa shape index (κ2) is 9.96. The maximum atomic E-state index is 12.8. The van der Waals surface area contributed by atoms with Crippen LogP contribution in [0.5, 0.6) is 5.75 Å².